The molecule has 5 rings (SSSR count). The van der Waals surface area contributed by atoms with Crippen molar-refractivity contribution >= 4 is 5.78 Å². The SMILES string of the molecule is [N-]=[N+]=N[C@H]1C[C@H](n2cc(F)c(=O)[nH]c2=O)O[C@H](COC(c2ccccc2)(c2ccccc2)c2ccccc2)C1=O. The summed E-state index contributed by atoms with van der Waals surface area (Å²) < 4.78 is 27.5. The largest absolute Gasteiger partial charge is 0.358 e. The van der Waals surface area contributed by atoms with Crippen LogP contribution in [0.15, 0.2) is 112 Å². The molecule has 1 N–H and O–H groups in total. The molecule has 1 aliphatic rings. The molecule has 3 aromatic carbocycles. The summed E-state index contributed by atoms with van der Waals surface area (Å²) in [4.78, 5) is 42.0. The molecule has 1 saturated heterocycles. The van der Waals surface area contributed by atoms with E-state index in [1.807, 2.05) is 96.0 Å². The number of rotatable bonds is 8. The summed E-state index contributed by atoms with van der Waals surface area (Å²) in [7, 11) is 0. The average Bonchev–Trinajstić information content (AvgIpc) is 2.99. The molecular weight excluding hydrogens is 517 g/mol. The number of nitrogens with one attached hydrogen (secondary N) is 1. The van der Waals surface area contributed by atoms with Crippen molar-refractivity contribution in [3.8, 4) is 0 Å². The molecule has 1 aliphatic heterocycles. The average molecular weight is 542 g/mol. The normalized spacial score (nSPS) is 19.1. The van der Waals surface area contributed by atoms with E-state index in [2.05, 4.69) is 10.0 Å². The standard InChI is InChI=1S/C29H24FN5O5/c30-22-17-35(28(38)32-27(22)37)25-16-23(33-34-31)26(36)24(40-25)18-39-29(19-10-4-1-5-11-19,20-12-6-2-7-13-20)21-14-8-3-9-15-21/h1-15,17,23-25H,16,18H2,(H,32,37,38)/t23-,24+,25+/m0/s1. The Balaban J connectivity index is 1.57. The minimum atomic E-state index is -1.29. The van der Waals surface area contributed by atoms with Gasteiger partial charge in [-0.3, -0.25) is 19.1 Å². The zero-order valence-corrected chi connectivity index (χ0v) is 21.1. The van der Waals surface area contributed by atoms with Gasteiger partial charge in [0.2, 0.25) is 5.82 Å². The van der Waals surface area contributed by atoms with Gasteiger partial charge in [-0.05, 0) is 22.2 Å². The molecule has 0 amide bonds. The number of H-pyrrole nitrogens is 1. The first kappa shape index (κ1) is 26.8. The van der Waals surface area contributed by atoms with E-state index < -0.39 is 46.8 Å². The van der Waals surface area contributed by atoms with E-state index in [1.165, 1.54) is 0 Å². The highest BCUT2D eigenvalue weighted by molar-refractivity contribution is 5.89. The molecule has 4 aromatic rings. The number of carbonyl (C=O) groups excluding carboxylic acids is 1. The maximum absolute atomic E-state index is 14.1. The van der Waals surface area contributed by atoms with E-state index in [4.69, 9.17) is 15.0 Å². The number of halogens is 1. The molecule has 1 fully saturated rings. The molecule has 11 heteroatoms. The van der Waals surface area contributed by atoms with E-state index in [-0.39, 0.29) is 13.0 Å². The zero-order valence-electron chi connectivity index (χ0n) is 21.1. The van der Waals surface area contributed by atoms with Gasteiger partial charge in [0.15, 0.2) is 5.78 Å². The summed E-state index contributed by atoms with van der Waals surface area (Å²) in [6.45, 7) is -0.300. The summed E-state index contributed by atoms with van der Waals surface area (Å²) in [5.41, 5.74) is 8.16. The second-order valence-electron chi connectivity index (χ2n) is 9.17. The van der Waals surface area contributed by atoms with Crippen molar-refractivity contribution in [2.24, 2.45) is 5.11 Å². The van der Waals surface area contributed by atoms with Crippen LogP contribution in [-0.4, -0.2) is 34.1 Å². The molecule has 40 heavy (non-hydrogen) atoms. The van der Waals surface area contributed by atoms with Crippen molar-refractivity contribution in [1.82, 2.24) is 9.55 Å². The molecule has 1 aromatic heterocycles. The lowest BCUT2D eigenvalue weighted by Gasteiger charge is -2.39. The third-order valence-electron chi connectivity index (χ3n) is 6.81. The quantitative estimate of drug-likeness (QED) is 0.154. The third-order valence-corrected chi connectivity index (χ3v) is 6.81. The van der Waals surface area contributed by atoms with Crippen LogP contribution in [0, 0.1) is 5.82 Å². The maximum Gasteiger partial charge on any atom is 0.330 e. The maximum atomic E-state index is 14.1. The molecule has 2 heterocycles. The molecule has 202 valence electrons. The minimum absolute atomic E-state index is 0.230. The fourth-order valence-electron chi connectivity index (χ4n) is 4.94. The van der Waals surface area contributed by atoms with Crippen LogP contribution in [0.25, 0.3) is 10.4 Å². The summed E-state index contributed by atoms with van der Waals surface area (Å²) >= 11 is 0. The van der Waals surface area contributed by atoms with Crippen molar-refractivity contribution in [3.63, 3.8) is 0 Å². The molecule has 3 atom stereocenters. The highest BCUT2D eigenvalue weighted by atomic mass is 19.1. The Bertz CT molecular complexity index is 1560. The number of benzene rings is 3. The van der Waals surface area contributed by atoms with E-state index in [1.54, 1.807) is 0 Å². The summed E-state index contributed by atoms with van der Waals surface area (Å²) in [5.74, 6) is -1.75. The number of aromatic amines is 1. The number of hydrogen-bond donors (Lipinski definition) is 1. The van der Waals surface area contributed by atoms with Crippen molar-refractivity contribution in [1.29, 1.82) is 0 Å². The number of hydrogen-bond acceptors (Lipinski definition) is 6. The summed E-state index contributed by atoms with van der Waals surface area (Å²) in [5, 5.41) is 3.59. The number of ether oxygens (including phenoxy) is 2. The topological polar surface area (TPSA) is 139 Å². The number of azide groups is 1. The van der Waals surface area contributed by atoms with E-state index in [0.717, 1.165) is 21.3 Å². The molecule has 0 aliphatic carbocycles. The molecule has 0 unspecified atom stereocenters. The van der Waals surface area contributed by atoms with Crippen LogP contribution in [0.3, 0.4) is 0 Å². The predicted molar refractivity (Wildman–Crippen MR) is 143 cm³/mol. The van der Waals surface area contributed by atoms with E-state index >= 15 is 0 Å². The predicted octanol–water partition coefficient (Wildman–Crippen LogP) is 4.22. The van der Waals surface area contributed by atoms with Crippen LogP contribution in [0.1, 0.15) is 29.3 Å². The molecule has 0 spiro atoms. The van der Waals surface area contributed by atoms with Crippen LogP contribution >= 0.6 is 0 Å². The molecule has 0 bridgehead atoms. The van der Waals surface area contributed by atoms with Gasteiger partial charge in [-0.1, -0.05) is 96.1 Å². The third kappa shape index (κ3) is 5.08. The van der Waals surface area contributed by atoms with E-state index in [0.29, 0.717) is 6.20 Å². The second-order valence-corrected chi connectivity index (χ2v) is 9.17. The smallest absolute Gasteiger partial charge is 0.330 e. The van der Waals surface area contributed by atoms with Gasteiger partial charge in [0.05, 0.1) is 12.8 Å². The van der Waals surface area contributed by atoms with Crippen LogP contribution < -0.4 is 11.2 Å². The lowest BCUT2D eigenvalue weighted by atomic mass is 9.80. The Hall–Kier alpha value is -4.83. The van der Waals surface area contributed by atoms with Crippen LogP contribution in [0.4, 0.5) is 4.39 Å². The molecule has 0 saturated carbocycles. The Kier molecular flexibility index (Phi) is 7.70. The van der Waals surface area contributed by atoms with Crippen molar-refractivity contribution in [2.45, 2.75) is 30.4 Å². The second kappa shape index (κ2) is 11.5. The van der Waals surface area contributed by atoms with Crippen LogP contribution in [0.2, 0.25) is 0 Å². The number of Topliss-reactive ketones (excluding diaryl/α,β-unsaturated/α-hetero) is 1. The monoisotopic (exact) mass is 541 g/mol. The van der Waals surface area contributed by atoms with Gasteiger partial charge in [0, 0.05) is 11.3 Å². The zero-order chi connectivity index (χ0) is 28.1. The number of carbonyl (C=O) groups is 1. The van der Waals surface area contributed by atoms with Crippen molar-refractivity contribution in [3.05, 3.63) is 151 Å². The first-order valence-corrected chi connectivity index (χ1v) is 12.5. The fraction of sp³-hybridized carbons (Fsp3) is 0.207. The molecular formula is C29H24FN5O5. The van der Waals surface area contributed by atoms with Crippen LogP contribution in [0.5, 0.6) is 0 Å². The lowest BCUT2D eigenvalue weighted by molar-refractivity contribution is -0.166. The van der Waals surface area contributed by atoms with E-state index in [9.17, 15) is 18.8 Å². The van der Waals surface area contributed by atoms with Gasteiger partial charge in [0.25, 0.3) is 5.56 Å². The number of nitrogens with zero attached hydrogens (tertiary/aromatic N) is 4. The summed E-state index contributed by atoms with van der Waals surface area (Å²) in [6, 6.07) is 27.2. The Morgan fingerprint density at radius 2 is 1.48 bits per heavy atom. The first-order chi connectivity index (χ1) is 19.4. The number of ketones is 1. The Labute approximate surface area is 227 Å². The highest BCUT2D eigenvalue weighted by Gasteiger charge is 2.43. The first-order valence-electron chi connectivity index (χ1n) is 12.5. The Morgan fingerprint density at radius 3 is 1.98 bits per heavy atom. The van der Waals surface area contributed by atoms with Gasteiger partial charge in [-0.15, -0.1) is 0 Å². The van der Waals surface area contributed by atoms with Crippen LogP contribution in [-0.2, 0) is 19.9 Å². The highest BCUT2D eigenvalue weighted by Crippen LogP contribution is 2.41. The van der Waals surface area contributed by atoms with Crippen molar-refractivity contribution in [2.75, 3.05) is 6.61 Å². The van der Waals surface area contributed by atoms with Gasteiger partial charge < -0.3 is 9.47 Å². The van der Waals surface area contributed by atoms with Crippen molar-refractivity contribution < 1.29 is 18.7 Å². The minimum Gasteiger partial charge on any atom is -0.358 e. The number of aromatic nitrogens is 2. The molecule has 0 radical (unpaired) electrons. The Morgan fingerprint density at radius 1 is 0.950 bits per heavy atom. The van der Waals surface area contributed by atoms with Gasteiger partial charge in [-0.25, -0.2) is 4.79 Å². The fourth-order valence-corrected chi connectivity index (χ4v) is 4.94. The van der Waals surface area contributed by atoms with Gasteiger partial charge in [-0.2, -0.15) is 4.39 Å². The summed E-state index contributed by atoms with van der Waals surface area (Å²) in [6.07, 6.45) is -2.02. The molecule has 10 nitrogen and oxygen atoms in total. The van der Waals surface area contributed by atoms with Gasteiger partial charge in [0.1, 0.15) is 24.0 Å². The van der Waals surface area contributed by atoms with Gasteiger partial charge >= 0.3 is 5.69 Å². The lowest BCUT2D eigenvalue weighted by Crippen LogP contribution is -2.48.